The summed E-state index contributed by atoms with van der Waals surface area (Å²) in [4.78, 5) is 13.4. The van der Waals surface area contributed by atoms with Gasteiger partial charge in [0, 0.05) is 0 Å². The Kier molecular flexibility index (Phi) is 5.94. The van der Waals surface area contributed by atoms with E-state index in [4.69, 9.17) is 9.47 Å². The van der Waals surface area contributed by atoms with Crippen LogP contribution in [-0.2, 0) is 0 Å². The maximum absolute atomic E-state index is 5.62. The van der Waals surface area contributed by atoms with Crippen LogP contribution in [0.3, 0.4) is 0 Å². The minimum Gasteiger partial charge on any atom is -0.463 e. The second-order valence-corrected chi connectivity index (χ2v) is 6.42. The Hall–Kier alpha value is -1.43. The molecule has 1 aliphatic heterocycles. The van der Waals surface area contributed by atoms with E-state index in [0.717, 1.165) is 42.3 Å². The van der Waals surface area contributed by atoms with Gasteiger partial charge in [-0.25, -0.2) is 0 Å². The van der Waals surface area contributed by atoms with Crippen molar-refractivity contribution in [3.8, 4) is 12.0 Å². The molecular weight excluding hydrogens is 280 g/mol. The van der Waals surface area contributed by atoms with Gasteiger partial charge in [-0.3, -0.25) is 4.48 Å². The molecule has 0 bridgehead atoms. The SMILES string of the molecule is CCCOc1nc(OCCC)nc([N+]2(C)CCC(C)CC2)n1. The molecule has 0 N–H and O–H groups in total. The molecule has 0 saturated carbocycles. The maximum atomic E-state index is 5.62. The maximum Gasteiger partial charge on any atom is 0.338 e. The zero-order valence-corrected chi connectivity index (χ0v) is 14.3. The van der Waals surface area contributed by atoms with Crippen LogP contribution in [0.15, 0.2) is 0 Å². The van der Waals surface area contributed by atoms with Crippen LogP contribution in [0.1, 0.15) is 46.5 Å². The lowest BCUT2D eigenvalue weighted by Crippen LogP contribution is -2.51. The molecule has 1 fully saturated rings. The van der Waals surface area contributed by atoms with Gasteiger partial charge < -0.3 is 9.47 Å². The standard InChI is InChI=1S/C16H29N4O2/c1-5-11-21-15-17-14(18-16(19-15)22-12-6-2)20(4)9-7-13(3)8-10-20/h13H,5-12H2,1-4H3/q+1. The molecule has 0 spiro atoms. The summed E-state index contributed by atoms with van der Waals surface area (Å²) in [6.45, 7) is 9.75. The summed E-state index contributed by atoms with van der Waals surface area (Å²) < 4.78 is 12.0. The molecule has 2 rings (SSSR count). The van der Waals surface area contributed by atoms with Gasteiger partial charge in [0.05, 0.1) is 33.4 Å². The summed E-state index contributed by atoms with van der Waals surface area (Å²) in [6, 6.07) is 0.770. The van der Waals surface area contributed by atoms with Crippen LogP contribution in [0.2, 0.25) is 0 Å². The first-order chi connectivity index (χ1) is 10.6. The molecule has 0 atom stereocenters. The van der Waals surface area contributed by atoms with Crippen LogP contribution in [0.25, 0.3) is 0 Å². The molecule has 0 amide bonds. The zero-order valence-electron chi connectivity index (χ0n) is 14.3. The van der Waals surface area contributed by atoms with Crippen molar-refractivity contribution in [1.29, 1.82) is 0 Å². The third-order valence-corrected chi connectivity index (χ3v) is 4.17. The predicted octanol–water partition coefficient (Wildman–Crippen LogP) is 2.82. The first-order valence-electron chi connectivity index (χ1n) is 8.44. The highest BCUT2D eigenvalue weighted by Gasteiger charge is 2.34. The molecule has 0 aliphatic carbocycles. The largest absolute Gasteiger partial charge is 0.463 e. The van der Waals surface area contributed by atoms with Crippen molar-refractivity contribution >= 4 is 5.95 Å². The van der Waals surface area contributed by atoms with Gasteiger partial charge in [0.25, 0.3) is 0 Å². The first-order valence-corrected chi connectivity index (χ1v) is 8.44. The molecule has 1 aliphatic rings. The summed E-state index contributed by atoms with van der Waals surface area (Å²) >= 11 is 0. The summed E-state index contributed by atoms with van der Waals surface area (Å²) in [7, 11) is 2.19. The fourth-order valence-corrected chi connectivity index (χ4v) is 2.55. The van der Waals surface area contributed by atoms with Gasteiger partial charge in [0.2, 0.25) is 0 Å². The number of hydrogen-bond donors (Lipinski definition) is 0. The first kappa shape index (κ1) is 16.9. The molecule has 1 saturated heterocycles. The Morgan fingerprint density at radius 1 is 0.955 bits per heavy atom. The number of rotatable bonds is 7. The van der Waals surface area contributed by atoms with Gasteiger partial charge in [-0.2, -0.15) is 0 Å². The molecular formula is C16H29N4O2+. The Labute approximate surface area is 133 Å². The van der Waals surface area contributed by atoms with E-state index in [-0.39, 0.29) is 0 Å². The van der Waals surface area contributed by atoms with E-state index in [9.17, 15) is 0 Å². The normalized spacial score (nSPS) is 25.0. The predicted molar refractivity (Wildman–Crippen MR) is 87.2 cm³/mol. The lowest BCUT2D eigenvalue weighted by atomic mass is 9.98. The van der Waals surface area contributed by atoms with Gasteiger partial charge in [0.1, 0.15) is 0 Å². The quantitative estimate of drug-likeness (QED) is 0.725. The van der Waals surface area contributed by atoms with Gasteiger partial charge in [-0.05, 0) is 31.6 Å². The minimum absolute atomic E-state index is 0.385. The van der Waals surface area contributed by atoms with E-state index >= 15 is 0 Å². The monoisotopic (exact) mass is 309 g/mol. The van der Waals surface area contributed by atoms with Crippen LogP contribution in [0.5, 0.6) is 12.0 Å². The van der Waals surface area contributed by atoms with E-state index in [1.54, 1.807) is 0 Å². The van der Waals surface area contributed by atoms with E-state index < -0.39 is 0 Å². The highest BCUT2D eigenvalue weighted by Crippen LogP contribution is 2.28. The molecule has 0 unspecified atom stereocenters. The average molecular weight is 309 g/mol. The second-order valence-electron chi connectivity index (χ2n) is 6.42. The summed E-state index contributed by atoms with van der Waals surface area (Å²) in [5.74, 6) is 1.54. The fraction of sp³-hybridized carbons (Fsp3) is 0.812. The number of hydrogen-bond acceptors (Lipinski definition) is 5. The van der Waals surface area contributed by atoms with Crippen molar-refractivity contribution in [1.82, 2.24) is 19.4 Å². The molecule has 0 radical (unpaired) electrons. The number of aromatic nitrogens is 3. The fourth-order valence-electron chi connectivity index (χ4n) is 2.55. The lowest BCUT2D eigenvalue weighted by molar-refractivity contribution is 0.207. The number of quaternary nitrogens is 1. The van der Waals surface area contributed by atoms with Crippen LogP contribution in [-0.4, -0.2) is 48.3 Å². The van der Waals surface area contributed by atoms with Crippen molar-refractivity contribution in [2.45, 2.75) is 46.5 Å². The van der Waals surface area contributed by atoms with E-state index in [1.807, 2.05) is 0 Å². The van der Waals surface area contributed by atoms with Crippen LogP contribution in [0, 0.1) is 5.92 Å². The van der Waals surface area contributed by atoms with Crippen molar-refractivity contribution in [2.24, 2.45) is 5.92 Å². The Bertz CT molecular complexity index is 447. The molecule has 0 aromatic carbocycles. The Morgan fingerprint density at radius 2 is 1.45 bits per heavy atom. The summed E-state index contributed by atoms with van der Waals surface area (Å²) in [6.07, 6.45) is 4.24. The van der Waals surface area contributed by atoms with Gasteiger partial charge in [-0.15, -0.1) is 15.0 Å². The van der Waals surface area contributed by atoms with Gasteiger partial charge >= 0.3 is 18.0 Å². The van der Waals surface area contributed by atoms with E-state index in [0.29, 0.717) is 25.2 Å². The van der Waals surface area contributed by atoms with E-state index in [2.05, 4.69) is 42.8 Å². The summed E-state index contributed by atoms with van der Waals surface area (Å²) in [5.41, 5.74) is 0. The van der Waals surface area contributed by atoms with Crippen LogP contribution >= 0.6 is 0 Å². The average Bonchev–Trinajstić information content (AvgIpc) is 2.53. The molecule has 22 heavy (non-hydrogen) atoms. The van der Waals surface area contributed by atoms with Crippen LogP contribution in [0.4, 0.5) is 5.95 Å². The number of nitrogens with zero attached hydrogens (tertiary/aromatic N) is 4. The molecule has 2 heterocycles. The van der Waals surface area contributed by atoms with Crippen molar-refractivity contribution in [2.75, 3.05) is 33.4 Å². The third kappa shape index (κ3) is 4.29. The zero-order chi connectivity index (χ0) is 16.0. The van der Waals surface area contributed by atoms with Crippen molar-refractivity contribution in [3.05, 3.63) is 0 Å². The topological polar surface area (TPSA) is 57.1 Å². The number of likely N-dealkylation sites (tertiary alicyclic amines) is 1. The Morgan fingerprint density at radius 3 is 1.91 bits per heavy atom. The minimum atomic E-state index is 0.385. The van der Waals surface area contributed by atoms with Gasteiger partial charge in [0.15, 0.2) is 0 Å². The third-order valence-electron chi connectivity index (χ3n) is 4.17. The van der Waals surface area contributed by atoms with Crippen molar-refractivity contribution < 1.29 is 9.47 Å². The highest BCUT2D eigenvalue weighted by atomic mass is 16.5. The smallest absolute Gasteiger partial charge is 0.338 e. The molecule has 6 heteroatoms. The van der Waals surface area contributed by atoms with E-state index in [1.165, 1.54) is 12.8 Å². The molecule has 1 aromatic heterocycles. The Balaban J connectivity index is 2.23. The second kappa shape index (κ2) is 7.72. The molecule has 124 valence electrons. The summed E-state index contributed by atoms with van der Waals surface area (Å²) in [5, 5.41) is 0. The van der Waals surface area contributed by atoms with Crippen molar-refractivity contribution in [3.63, 3.8) is 0 Å². The molecule has 6 nitrogen and oxygen atoms in total. The number of ether oxygens (including phenoxy) is 2. The molecule has 1 aromatic rings. The number of piperidine rings is 1. The lowest BCUT2D eigenvalue weighted by Gasteiger charge is -2.36. The van der Waals surface area contributed by atoms with Crippen LogP contribution < -0.4 is 14.0 Å². The highest BCUT2D eigenvalue weighted by molar-refractivity contribution is 5.28. The van der Waals surface area contributed by atoms with Gasteiger partial charge in [-0.1, -0.05) is 20.8 Å².